The minimum atomic E-state index is 0.308. The van der Waals surface area contributed by atoms with Crippen LogP contribution in [0.5, 0.6) is 0 Å². The molecule has 14 heavy (non-hydrogen) atoms. The molecule has 0 saturated carbocycles. The van der Waals surface area contributed by atoms with Gasteiger partial charge in [-0.25, -0.2) is 0 Å². The number of hydrogen-bond acceptors (Lipinski definition) is 3. The van der Waals surface area contributed by atoms with Gasteiger partial charge in [0.25, 0.3) is 0 Å². The molecule has 3 nitrogen and oxygen atoms in total. The maximum atomic E-state index is 5.54. The molecule has 2 aliphatic rings. The summed E-state index contributed by atoms with van der Waals surface area (Å²) in [6.07, 6.45) is 2.44. The average Bonchev–Trinajstić information content (AvgIpc) is 2.66. The number of nitrogens with zero attached hydrogens (tertiary/aromatic N) is 1. The van der Waals surface area contributed by atoms with Crippen molar-refractivity contribution in [3.8, 4) is 0 Å². The number of piperazine rings is 1. The lowest BCUT2D eigenvalue weighted by Gasteiger charge is -2.45. The van der Waals surface area contributed by atoms with Gasteiger partial charge < -0.3 is 10.1 Å². The van der Waals surface area contributed by atoms with Gasteiger partial charge in [-0.1, -0.05) is 6.92 Å². The fraction of sp³-hybridized carbons (Fsp3) is 1.00. The monoisotopic (exact) mass is 198 g/mol. The Labute approximate surface area is 86.8 Å². The van der Waals surface area contributed by atoms with Gasteiger partial charge in [0.1, 0.15) is 0 Å². The fourth-order valence-corrected chi connectivity index (χ4v) is 2.72. The highest BCUT2D eigenvalue weighted by atomic mass is 16.5. The zero-order chi connectivity index (χ0) is 10.0. The highest BCUT2D eigenvalue weighted by Gasteiger charge is 2.39. The van der Waals surface area contributed by atoms with Gasteiger partial charge in [-0.2, -0.15) is 0 Å². The predicted molar refractivity (Wildman–Crippen MR) is 57.5 cm³/mol. The Morgan fingerprint density at radius 2 is 2.43 bits per heavy atom. The largest absolute Gasteiger partial charge is 0.379 e. The molecule has 2 saturated heterocycles. The number of hydrogen-bond donors (Lipinski definition) is 1. The van der Waals surface area contributed by atoms with E-state index < -0.39 is 0 Å². The Kier molecular flexibility index (Phi) is 3.10. The summed E-state index contributed by atoms with van der Waals surface area (Å²) >= 11 is 0. The molecule has 0 radical (unpaired) electrons. The maximum absolute atomic E-state index is 5.54. The van der Waals surface area contributed by atoms with E-state index in [0.29, 0.717) is 11.6 Å². The molecule has 82 valence electrons. The predicted octanol–water partition coefficient (Wildman–Crippen LogP) is 0.849. The van der Waals surface area contributed by atoms with Crippen LogP contribution in [0.25, 0.3) is 0 Å². The van der Waals surface area contributed by atoms with Crippen LogP contribution in [0.3, 0.4) is 0 Å². The molecule has 2 rings (SSSR count). The molecule has 2 unspecified atom stereocenters. The first-order valence-corrected chi connectivity index (χ1v) is 5.81. The van der Waals surface area contributed by atoms with Gasteiger partial charge >= 0.3 is 0 Å². The minimum absolute atomic E-state index is 0.308. The molecule has 0 aromatic rings. The lowest BCUT2D eigenvalue weighted by atomic mass is 9.94. The fourth-order valence-electron chi connectivity index (χ4n) is 2.72. The molecule has 0 spiro atoms. The van der Waals surface area contributed by atoms with E-state index in [4.69, 9.17) is 4.74 Å². The molecular formula is C11H22N2O. The number of ether oxygens (including phenoxy) is 1. The van der Waals surface area contributed by atoms with Crippen LogP contribution in [0, 0.1) is 0 Å². The van der Waals surface area contributed by atoms with Gasteiger partial charge in [-0.05, 0) is 19.8 Å². The number of rotatable bonds is 2. The van der Waals surface area contributed by atoms with Gasteiger partial charge in [0.05, 0.1) is 6.61 Å². The van der Waals surface area contributed by atoms with E-state index in [1.165, 1.54) is 19.4 Å². The van der Waals surface area contributed by atoms with Crippen molar-refractivity contribution in [2.45, 2.75) is 38.3 Å². The van der Waals surface area contributed by atoms with Crippen molar-refractivity contribution in [1.29, 1.82) is 0 Å². The normalized spacial score (nSPS) is 40.3. The van der Waals surface area contributed by atoms with Crippen LogP contribution in [0.15, 0.2) is 0 Å². The van der Waals surface area contributed by atoms with Crippen LogP contribution < -0.4 is 5.32 Å². The van der Waals surface area contributed by atoms with E-state index >= 15 is 0 Å². The third-order valence-corrected chi connectivity index (χ3v) is 3.71. The van der Waals surface area contributed by atoms with Crippen LogP contribution in [-0.4, -0.2) is 49.3 Å². The van der Waals surface area contributed by atoms with Gasteiger partial charge in [0.15, 0.2) is 0 Å². The maximum Gasteiger partial charge on any atom is 0.0648 e. The van der Waals surface area contributed by atoms with Gasteiger partial charge in [0.2, 0.25) is 0 Å². The Hall–Kier alpha value is -0.120. The van der Waals surface area contributed by atoms with E-state index in [9.17, 15) is 0 Å². The van der Waals surface area contributed by atoms with Crippen LogP contribution in [-0.2, 0) is 4.74 Å². The van der Waals surface area contributed by atoms with E-state index in [2.05, 4.69) is 24.1 Å². The third-order valence-electron chi connectivity index (χ3n) is 3.71. The van der Waals surface area contributed by atoms with Crippen molar-refractivity contribution in [2.75, 3.05) is 32.8 Å². The first-order valence-electron chi connectivity index (χ1n) is 5.81. The van der Waals surface area contributed by atoms with Crippen LogP contribution >= 0.6 is 0 Å². The summed E-state index contributed by atoms with van der Waals surface area (Å²) in [5, 5.41) is 3.47. The van der Waals surface area contributed by atoms with Crippen LogP contribution in [0.2, 0.25) is 0 Å². The Balaban J connectivity index is 2.05. The summed E-state index contributed by atoms with van der Waals surface area (Å²) in [5.41, 5.74) is 0.308. The number of nitrogens with one attached hydrogen (secondary N) is 1. The Morgan fingerprint density at radius 1 is 1.57 bits per heavy atom. The molecule has 0 aromatic heterocycles. The summed E-state index contributed by atoms with van der Waals surface area (Å²) < 4.78 is 5.54. The second-order valence-electron chi connectivity index (χ2n) is 4.76. The van der Waals surface area contributed by atoms with Crippen LogP contribution in [0.4, 0.5) is 0 Å². The van der Waals surface area contributed by atoms with Crippen molar-refractivity contribution in [3.05, 3.63) is 0 Å². The van der Waals surface area contributed by atoms with Gasteiger partial charge in [-0.3, -0.25) is 4.90 Å². The zero-order valence-electron chi connectivity index (χ0n) is 9.38. The summed E-state index contributed by atoms with van der Waals surface area (Å²) in [6.45, 7) is 9.95. The molecule has 2 aliphatic heterocycles. The Morgan fingerprint density at radius 3 is 3.07 bits per heavy atom. The molecule has 2 fully saturated rings. The second-order valence-corrected chi connectivity index (χ2v) is 4.76. The first kappa shape index (κ1) is 10.4. The highest BCUT2D eigenvalue weighted by Crippen LogP contribution is 2.29. The highest BCUT2D eigenvalue weighted by molar-refractivity contribution is 4.95. The van der Waals surface area contributed by atoms with Gasteiger partial charge in [-0.15, -0.1) is 0 Å². The third kappa shape index (κ3) is 1.81. The molecule has 0 aromatic carbocycles. The van der Waals surface area contributed by atoms with E-state index in [1.54, 1.807) is 0 Å². The molecule has 0 bridgehead atoms. The summed E-state index contributed by atoms with van der Waals surface area (Å²) in [7, 11) is 0. The lowest BCUT2D eigenvalue weighted by molar-refractivity contribution is 0.0257. The lowest BCUT2D eigenvalue weighted by Crippen LogP contribution is -2.60. The molecule has 3 heteroatoms. The van der Waals surface area contributed by atoms with Crippen molar-refractivity contribution in [1.82, 2.24) is 10.2 Å². The molecular weight excluding hydrogens is 176 g/mol. The standard InChI is InChI=1S/C11H22N2O/c1-3-10-8-12-5-6-13(10)11(2)4-7-14-9-11/h10,12H,3-9H2,1-2H3. The van der Waals surface area contributed by atoms with Crippen LogP contribution in [0.1, 0.15) is 26.7 Å². The van der Waals surface area contributed by atoms with Crippen molar-refractivity contribution in [2.24, 2.45) is 0 Å². The molecule has 2 heterocycles. The van der Waals surface area contributed by atoms with Crippen molar-refractivity contribution in [3.63, 3.8) is 0 Å². The molecule has 0 aliphatic carbocycles. The summed E-state index contributed by atoms with van der Waals surface area (Å²) in [6, 6.07) is 0.704. The zero-order valence-corrected chi connectivity index (χ0v) is 9.38. The van der Waals surface area contributed by atoms with Crippen molar-refractivity contribution >= 4 is 0 Å². The summed E-state index contributed by atoms with van der Waals surface area (Å²) in [4.78, 5) is 2.66. The molecule has 1 N–H and O–H groups in total. The Bertz CT molecular complexity index is 190. The van der Waals surface area contributed by atoms with E-state index in [0.717, 1.165) is 26.3 Å². The average molecular weight is 198 g/mol. The second kappa shape index (κ2) is 4.17. The SMILES string of the molecule is CCC1CNCCN1C1(C)CCOC1. The van der Waals surface area contributed by atoms with E-state index in [-0.39, 0.29) is 0 Å². The van der Waals surface area contributed by atoms with Gasteiger partial charge in [0, 0.05) is 37.8 Å². The minimum Gasteiger partial charge on any atom is -0.379 e. The van der Waals surface area contributed by atoms with Crippen molar-refractivity contribution < 1.29 is 4.74 Å². The van der Waals surface area contributed by atoms with E-state index in [1.807, 2.05) is 0 Å². The first-order chi connectivity index (χ1) is 6.76. The summed E-state index contributed by atoms with van der Waals surface area (Å²) in [5.74, 6) is 0. The molecule has 0 amide bonds. The topological polar surface area (TPSA) is 24.5 Å². The quantitative estimate of drug-likeness (QED) is 0.712. The smallest absolute Gasteiger partial charge is 0.0648 e. The molecule has 2 atom stereocenters.